The van der Waals surface area contributed by atoms with Crippen LogP contribution in [0.3, 0.4) is 0 Å². The first kappa shape index (κ1) is 17.0. The van der Waals surface area contributed by atoms with E-state index in [0.717, 1.165) is 31.0 Å². The molecule has 1 heterocycles. The van der Waals surface area contributed by atoms with Crippen LogP contribution in [-0.2, 0) is 0 Å². The quantitative estimate of drug-likeness (QED) is 0.707. The number of hydrogen-bond donors (Lipinski definition) is 1. The normalized spacial score (nSPS) is 32.2. The van der Waals surface area contributed by atoms with Crippen molar-refractivity contribution in [2.75, 3.05) is 26.2 Å². The van der Waals surface area contributed by atoms with Crippen molar-refractivity contribution in [2.45, 2.75) is 66.8 Å². The summed E-state index contributed by atoms with van der Waals surface area (Å²) >= 11 is 0. The van der Waals surface area contributed by atoms with Crippen LogP contribution in [0.5, 0.6) is 0 Å². The van der Waals surface area contributed by atoms with E-state index in [1.165, 1.54) is 32.4 Å². The van der Waals surface area contributed by atoms with E-state index >= 15 is 0 Å². The Morgan fingerprint density at radius 3 is 2.47 bits per heavy atom. The largest absolute Gasteiger partial charge is 0.316 e. The fraction of sp³-hybridized carbons (Fsp3) is 1.00. The number of hydrogen-bond acceptors (Lipinski definition) is 2. The molecule has 19 heavy (non-hydrogen) atoms. The van der Waals surface area contributed by atoms with Gasteiger partial charge in [0.25, 0.3) is 0 Å². The molecule has 4 unspecified atom stereocenters. The van der Waals surface area contributed by atoms with Crippen molar-refractivity contribution in [2.24, 2.45) is 17.3 Å². The molecule has 1 fully saturated rings. The predicted octanol–water partition coefficient (Wildman–Crippen LogP) is 3.77. The minimum Gasteiger partial charge on any atom is -0.316 e. The van der Waals surface area contributed by atoms with Gasteiger partial charge >= 0.3 is 0 Å². The highest BCUT2D eigenvalue weighted by Gasteiger charge is 2.33. The molecule has 4 atom stereocenters. The highest BCUT2D eigenvalue weighted by molar-refractivity contribution is 4.87. The van der Waals surface area contributed by atoms with Gasteiger partial charge in [-0.1, -0.05) is 34.6 Å². The highest BCUT2D eigenvalue weighted by Crippen LogP contribution is 2.31. The van der Waals surface area contributed by atoms with Gasteiger partial charge in [0.15, 0.2) is 0 Å². The molecule has 0 aromatic rings. The van der Waals surface area contributed by atoms with E-state index in [9.17, 15) is 0 Å². The van der Waals surface area contributed by atoms with Crippen LogP contribution in [-0.4, -0.2) is 37.1 Å². The zero-order chi connectivity index (χ0) is 14.5. The number of rotatable bonds is 7. The molecular formula is C17H36N2. The third-order valence-corrected chi connectivity index (χ3v) is 5.14. The minimum atomic E-state index is 0.417. The molecule has 1 aliphatic heterocycles. The fourth-order valence-electron chi connectivity index (χ4n) is 3.39. The molecule has 114 valence electrons. The second-order valence-corrected chi connectivity index (χ2v) is 7.33. The van der Waals surface area contributed by atoms with Crippen LogP contribution in [0.2, 0.25) is 0 Å². The van der Waals surface area contributed by atoms with Crippen molar-refractivity contribution in [1.82, 2.24) is 10.2 Å². The maximum Gasteiger partial charge on any atom is 0.00930 e. The van der Waals surface area contributed by atoms with Crippen LogP contribution in [0.15, 0.2) is 0 Å². The summed E-state index contributed by atoms with van der Waals surface area (Å²) in [5, 5.41) is 3.63. The Kier molecular flexibility index (Phi) is 6.82. The Bertz CT molecular complexity index is 254. The third-order valence-electron chi connectivity index (χ3n) is 5.14. The van der Waals surface area contributed by atoms with Gasteiger partial charge in [0, 0.05) is 25.7 Å². The van der Waals surface area contributed by atoms with E-state index < -0.39 is 0 Å². The van der Waals surface area contributed by atoms with E-state index in [4.69, 9.17) is 0 Å². The number of piperidine rings is 1. The Labute approximate surface area is 121 Å². The van der Waals surface area contributed by atoms with E-state index in [1.807, 2.05) is 0 Å². The summed E-state index contributed by atoms with van der Waals surface area (Å²) in [6, 6.07) is 0.744. The average molecular weight is 268 g/mol. The maximum absolute atomic E-state index is 3.63. The van der Waals surface area contributed by atoms with Crippen LogP contribution >= 0.6 is 0 Å². The van der Waals surface area contributed by atoms with E-state index in [2.05, 4.69) is 51.8 Å². The first-order valence-electron chi connectivity index (χ1n) is 8.36. The molecule has 0 amide bonds. The molecule has 1 rings (SSSR count). The number of nitrogens with zero attached hydrogens (tertiary/aromatic N) is 1. The third kappa shape index (κ3) is 5.07. The summed E-state index contributed by atoms with van der Waals surface area (Å²) in [6.07, 6.45) is 3.89. The standard InChI is InChI=1S/C17H36N2/c1-7-9-18-12-17(6,8-2)13-19-11-14(3)10-15(4)16(19)5/h14-16,18H,7-13H2,1-6H3. The van der Waals surface area contributed by atoms with Crippen molar-refractivity contribution in [3.05, 3.63) is 0 Å². The molecule has 0 radical (unpaired) electrons. The maximum atomic E-state index is 3.63. The molecule has 2 heteroatoms. The minimum absolute atomic E-state index is 0.417. The number of likely N-dealkylation sites (tertiary alicyclic amines) is 1. The summed E-state index contributed by atoms with van der Waals surface area (Å²) in [7, 11) is 0. The summed E-state index contributed by atoms with van der Waals surface area (Å²) in [6.45, 7) is 19.1. The van der Waals surface area contributed by atoms with Crippen molar-refractivity contribution in [3.63, 3.8) is 0 Å². The van der Waals surface area contributed by atoms with Crippen LogP contribution in [0.25, 0.3) is 0 Å². The Hall–Kier alpha value is -0.0800. The predicted molar refractivity (Wildman–Crippen MR) is 85.5 cm³/mol. The lowest BCUT2D eigenvalue weighted by Gasteiger charge is -2.45. The van der Waals surface area contributed by atoms with Gasteiger partial charge in [-0.25, -0.2) is 0 Å². The molecule has 1 N–H and O–H groups in total. The zero-order valence-corrected chi connectivity index (χ0v) is 14.1. The zero-order valence-electron chi connectivity index (χ0n) is 14.1. The molecule has 0 aliphatic carbocycles. The van der Waals surface area contributed by atoms with E-state index in [1.54, 1.807) is 0 Å². The molecule has 0 bridgehead atoms. The fourth-order valence-corrected chi connectivity index (χ4v) is 3.39. The first-order valence-corrected chi connectivity index (χ1v) is 8.36. The highest BCUT2D eigenvalue weighted by atomic mass is 15.2. The van der Waals surface area contributed by atoms with Crippen molar-refractivity contribution >= 4 is 0 Å². The topological polar surface area (TPSA) is 15.3 Å². The SMILES string of the molecule is CCCNCC(C)(CC)CN1CC(C)CC(C)C1C. The van der Waals surface area contributed by atoms with Gasteiger partial charge in [-0.3, -0.25) is 4.90 Å². The van der Waals surface area contributed by atoms with Gasteiger partial charge in [-0.15, -0.1) is 0 Å². The Balaban J connectivity index is 2.57. The van der Waals surface area contributed by atoms with Gasteiger partial charge < -0.3 is 5.32 Å². The van der Waals surface area contributed by atoms with Gasteiger partial charge in [0.2, 0.25) is 0 Å². The van der Waals surface area contributed by atoms with E-state index in [0.29, 0.717) is 5.41 Å². The van der Waals surface area contributed by atoms with Crippen molar-refractivity contribution in [1.29, 1.82) is 0 Å². The second-order valence-electron chi connectivity index (χ2n) is 7.33. The van der Waals surface area contributed by atoms with Crippen LogP contribution in [0, 0.1) is 17.3 Å². The molecule has 0 aromatic heterocycles. The summed E-state index contributed by atoms with van der Waals surface area (Å²) in [4.78, 5) is 2.75. The molecular weight excluding hydrogens is 232 g/mol. The smallest absolute Gasteiger partial charge is 0.00930 e. The van der Waals surface area contributed by atoms with Crippen LogP contribution in [0.4, 0.5) is 0 Å². The molecule has 0 saturated carbocycles. The van der Waals surface area contributed by atoms with Crippen molar-refractivity contribution in [3.8, 4) is 0 Å². The average Bonchev–Trinajstić information content (AvgIpc) is 2.36. The lowest BCUT2D eigenvalue weighted by molar-refractivity contribution is 0.0396. The lowest BCUT2D eigenvalue weighted by Crippen LogP contribution is -2.51. The van der Waals surface area contributed by atoms with Gasteiger partial charge in [-0.05, 0) is 50.0 Å². The molecule has 0 aromatic carbocycles. The first-order chi connectivity index (χ1) is 8.91. The molecule has 0 spiro atoms. The second kappa shape index (κ2) is 7.64. The van der Waals surface area contributed by atoms with Gasteiger partial charge in [-0.2, -0.15) is 0 Å². The monoisotopic (exact) mass is 268 g/mol. The van der Waals surface area contributed by atoms with Crippen LogP contribution in [0.1, 0.15) is 60.8 Å². The molecule has 1 aliphatic rings. The summed E-state index contributed by atoms with van der Waals surface area (Å²) in [5.41, 5.74) is 0.417. The molecule has 1 saturated heterocycles. The molecule has 2 nitrogen and oxygen atoms in total. The summed E-state index contributed by atoms with van der Waals surface area (Å²) < 4.78 is 0. The summed E-state index contributed by atoms with van der Waals surface area (Å²) in [5.74, 6) is 1.70. The van der Waals surface area contributed by atoms with Crippen molar-refractivity contribution < 1.29 is 0 Å². The Morgan fingerprint density at radius 2 is 1.89 bits per heavy atom. The lowest BCUT2D eigenvalue weighted by atomic mass is 9.81. The van der Waals surface area contributed by atoms with Crippen LogP contribution < -0.4 is 5.32 Å². The van der Waals surface area contributed by atoms with Gasteiger partial charge in [0.05, 0.1) is 0 Å². The number of nitrogens with one attached hydrogen (secondary N) is 1. The van der Waals surface area contributed by atoms with E-state index in [-0.39, 0.29) is 0 Å². The Morgan fingerprint density at radius 1 is 1.21 bits per heavy atom. The van der Waals surface area contributed by atoms with Gasteiger partial charge in [0.1, 0.15) is 0 Å².